The van der Waals surface area contributed by atoms with Crippen molar-refractivity contribution in [2.45, 2.75) is 13.8 Å². The number of nitrogens with one attached hydrogen (secondary N) is 2. The number of hydrogen-bond donors (Lipinski definition) is 2. The molecule has 1 aromatic carbocycles. The van der Waals surface area contributed by atoms with Crippen LogP contribution in [0.3, 0.4) is 0 Å². The predicted octanol–water partition coefficient (Wildman–Crippen LogP) is 2.63. The van der Waals surface area contributed by atoms with Gasteiger partial charge in [-0.25, -0.2) is 9.97 Å². The van der Waals surface area contributed by atoms with Gasteiger partial charge in [0.25, 0.3) is 0 Å². The van der Waals surface area contributed by atoms with Crippen LogP contribution in [-0.4, -0.2) is 30.2 Å². The van der Waals surface area contributed by atoms with Gasteiger partial charge in [0.15, 0.2) is 0 Å². The van der Waals surface area contributed by atoms with Crippen molar-refractivity contribution in [2.24, 2.45) is 0 Å². The molecule has 20 heavy (non-hydrogen) atoms. The van der Waals surface area contributed by atoms with Gasteiger partial charge in [-0.2, -0.15) is 0 Å². The summed E-state index contributed by atoms with van der Waals surface area (Å²) in [6.07, 6.45) is 0. The zero-order valence-corrected chi connectivity index (χ0v) is 12.1. The van der Waals surface area contributed by atoms with Crippen LogP contribution < -0.4 is 15.4 Å². The van der Waals surface area contributed by atoms with Crippen LogP contribution >= 0.6 is 0 Å². The first-order valence-corrected chi connectivity index (χ1v) is 6.64. The highest BCUT2D eigenvalue weighted by Crippen LogP contribution is 2.13. The quantitative estimate of drug-likeness (QED) is 0.792. The third-order valence-corrected chi connectivity index (χ3v) is 2.76. The van der Waals surface area contributed by atoms with Crippen molar-refractivity contribution in [3.05, 3.63) is 41.7 Å². The fourth-order valence-electron chi connectivity index (χ4n) is 1.84. The molecule has 0 unspecified atom stereocenters. The largest absolute Gasteiger partial charge is 0.492 e. The molecule has 0 aliphatic heterocycles. The molecule has 0 aliphatic carbocycles. The van der Waals surface area contributed by atoms with Crippen LogP contribution in [0.5, 0.6) is 5.75 Å². The number of hydrogen-bond acceptors (Lipinski definition) is 5. The summed E-state index contributed by atoms with van der Waals surface area (Å²) in [4.78, 5) is 8.57. The fourth-order valence-corrected chi connectivity index (χ4v) is 1.84. The van der Waals surface area contributed by atoms with Crippen molar-refractivity contribution in [3.8, 4) is 5.75 Å². The third kappa shape index (κ3) is 4.12. The van der Waals surface area contributed by atoms with E-state index in [1.165, 1.54) is 5.56 Å². The maximum absolute atomic E-state index is 5.67. The van der Waals surface area contributed by atoms with E-state index < -0.39 is 0 Å². The van der Waals surface area contributed by atoms with E-state index in [1.54, 1.807) is 0 Å². The highest BCUT2D eigenvalue weighted by atomic mass is 16.5. The van der Waals surface area contributed by atoms with Crippen molar-refractivity contribution < 1.29 is 4.74 Å². The van der Waals surface area contributed by atoms with Crippen molar-refractivity contribution in [3.63, 3.8) is 0 Å². The third-order valence-electron chi connectivity index (χ3n) is 2.76. The molecule has 0 atom stereocenters. The Morgan fingerprint density at radius 2 is 1.90 bits per heavy atom. The van der Waals surface area contributed by atoms with Crippen LogP contribution in [0.4, 0.5) is 11.6 Å². The van der Waals surface area contributed by atoms with E-state index in [0.29, 0.717) is 13.2 Å². The Hall–Kier alpha value is -2.30. The average Bonchev–Trinajstić information content (AvgIpc) is 2.43. The zero-order chi connectivity index (χ0) is 14.4. The highest BCUT2D eigenvalue weighted by Gasteiger charge is 2.00. The molecule has 0 saturated carbocycles. The van der Waals surface area contributed by atoms with Gasteiger partial charge < -0.3 is 15.4 Å². The number of anilines is 2. The van der Waals surface area contributed by atoms with Crippen LogP contribution in [0.25, 0.3) is 0 Å². The minimum absolute atomic E-state index is 0.585. The summed E-state index contributed by atoms with van der Waals surface area (Å²) in [5, 5.41) is 6.24. The van der Waals surface area contributed by atoms with Crippen LogP contribution in [0.1, 0.15) is 11.4 Å². The van der Waals surface area contributed by atoms with Gasteiger partial charge in [0.05, 0.1) is 6.54 Å². The summed E-state index contributed by atoms with van der Waals surface area (Å²) >= 11 is 0. The van der Waals surface area contributed by atoms with Gasteiger partial charge in [-0.05, 0) is 31.5 Å². The van der Waals surface area contributed by atoms with Gasteiger partial charge in [-0.1, -0.05) is 12.1 Å². The van der Waals surface area contributed by atoms with E-state index in [4.69, 9.17) is 4.74 Å². The Kier molecular flexibility index (Phi) is 4.76. The van der Waals surface area contributed by atoms with Crippen LogP contribution in [0.15, 0.2) is 30.3 Å². The van der Waals surface area contributed by atoms with Gasteiger partial charge in [-0.3, -0.25) is 0 Å². The van der Waals surface area contributed by atoms with Gasteiger partial charge >= 0.3 is 0 Å². The topological polar surface area (TPSA) is 59.1 Å². The Morgan fingerprint density at radius 3 is 2.65 bits per heavy atom. The minimum atomic E-state index is 0.585. The zero-order valence-electron chi connectivity index (χ0n) is 12.1. The summed E-state index contributed by atoms with van der Waals surface area (Å²) in [5.74, 6) is 3.23. The van der Waals surface area contributed by atoms with Crippen molar-refractivity contribution in [1.82, 2.24) is 9.97 Å². The molecular formula is C15H20N4O. The Balaban J connectivity index is 1.82. The second-order valence-electron chi connectivity index (χ2n) is 4.53. The highest BCUT2D eigenvalue weighted by molar-refractivity contribution is 5.47. The number of rotatable bonds is 6. The monoisotopic (exact) mass is 272 g/mol. The molecule has 0 saturated heterocycles. The molecule has 0 amide bonds. The van der Waals surface area contributed by atoms with Crippen molar-refractivity contribution >= 4 is 11.6 Å². The molecule has 5 nitrogen and oxygen atoms in total. The Labute approximate surface area is 119 Å². The molecule has 5 heteroatoms. The number of aromatic nitrogens is 2. The number of ether oxygens (including phenoxy) is 1. The first-order valence-electron chi connectivity index (χ1n) is 6.64. The van der Waals surface area contributed by atoms with Gasteiger partial charge in [0.1, 0.15) is 29.8 Å². The molecule has 0 spiro atoms. The van der Waals surface area contributed by atoms with Gasteiger partial charge in [-0.15, -0.1) is 0 Å². The van der Waals surface area contributed by atoms with Crippen LogP contribution in [-0.2, 0) is 0 Å². The molecule has 1 aromatic heterocycles. The number of nitrogens with zero attached hydrogens (tertiary/aromatic N) is 2. The Bertz CT molecular complexity index is 572. The molecule has 0 aliphatic rings. The second-order valence-corrected chi connectivity index (χ2v) is 4.53. The van der Waals surface area contributed by atoms with E-state index in [0.717, 1.165) is 23.2 Å². The smallest absolute Gasteiger partial charge is 0.131 e. The predicted molar refractivity (Wildman–Crippen MR) is 81.5 cm³/mol. The normalized spacial score (nSPS) is 10.2. The molecule has 0 radical (unpaired) electrons. The first kappa shape index (κ1) is 14.1. The van der Waals surface area contributed by atoms with E-state index in [1.807, 2.05) is 51.2 Å². The summed E-state index contributed by atoms with van der Waals surface area (Å²) < 4.78 is 5.67. The lowest BCUT2D eigenvalue weighted by Crippen LogP contribution is -2.13. The second kappa shape index (κ2) is 6.75. The SMILES string of the molecule is CNc1cc(NCCOc2cccc(C)c2)nc(C)n1. The van der Waals surface area contributed by atoms with E-state index in [9.17, 15) is 0 Å². The number of benzene rings is 1. The average molecular weight is 272 g/mol. The van der Waals surface area contributed by atoms with Crippen molar-refractivity contribution in [2.75, 3.05) is 30.8 Å². The molecule has 0 fully saturated rings. The van der Waals surface area contributed by atoms with Crippen molar-refractivity contribution in [1.29, 1.82) is 0 Å². The standard InChI is InChI=1S/C15H20N4O/c1-11-5-4-6-13(9-11)20-8-7-17-15-10-14(16-3)18-12(2)19-15/h4-6,9-10H,7-8H2,1-3H3,(H2,16,17,18,19). The minimum Gasteiger partial charge on any atom is -0.492 e. The molecule has 106 valence electrons. The summed E-state index contributed by atoms with van der Waals surface area (Å²) in [6, 6.07) is 9.90. The molecule has 2 rings (SSSR count). The van der Waals surface area contributed by atoms with Gasteiger partial charge in [0, 0.05) is 13.1 Å². The molecule has 0 bridgehead atoms. The lowest BCUT2D eigenvalue weighted by Gasteiger charge is -2.10. The van der Waals surface area contributed by atoms with E-state index in [2.05, 4.69) is 20.6 Å². The van der Waals surface area contributed by atoms with E-state index in [-0.39, 0.29) is 0 Å². The number of aryl methyl sites for hydroxylation is 2. The maximum atomic E-state index is 5.67. The fraction of sp³-hybridized carbons (Fsp3) is 0.333. The summed E-state index contributed by atoms with van der Waals surface area (Å²) in [6.45, 7) is 5.19. The Morgan fingerprint density at radius 1 is 1.10 bits per heavy atom. The lowest BCUT2D eigenvalue weighted by molar-refractivity contribution is 0.332. The van der Waals surface area contributed by atoms with Crippen LogP contribution in [0, 0.1) is 13.8 Å². The molecule has 2 aromatic rings. The lowest BCUT2D eigenvalue weighted by atomic mass is 10.2. The summed E-state index contributed by atoms with van der Waals surface area (Å²) in [7, 11) is 1.84. The first-order chi connectivity index (χ1) is 9.67. The molecular weight excluding hydrogens is 252 g/mol. The van der Waals surface area contributed by atoms with E-state index >= 15 is 0 Å². The van der Waals surface area contributed by atoms with Crippen LogP contribution in [0.2, 0.25) is 0 Å². The molecule has 1 heterocycles. The maximum Gasteiger partial charge on any atom is 0.131 e. The molecule has 2 N–H and O–H groups in total. The summed E-state index contributed by atoms with van der Waals surface area (Å²) in [5.41, 5.74) is 1.19. The van der Waals surface area contributed by atoms with Gasteiger partial charge in [0.2, 0.25) is 0 Å².